The van der Waals surface area contributed by atoms with Crippen molar-refractivity contribution < 1.29 is 4.79 Å². The minimum absolute atomic E-state index is 0.0462. The van der Waals surface area contributed by atoms with Gasteiger partial charge in [-0.2, -0.15) is 0 Å². The lowest BCUT2D eigenvalue weighted by Gasteiger charge is -2.12. The molecule has 0 unspecified atom stereocenters. The number of hydrogen-bond donors (Lipinski definition) is 2. The average Bonchev–Trinajstić information content (AvgIpc) is 2.96. The lowest BCUT2D eigenvalue weighted by Crippen LogP contribution is -2.26. The Balaban J connectivity index is 1.43. The van der Waals surface area contributed by atoms with E-state index >= 15 is 0 Å². The van der Waals surface area contributed by atoms with E-state index in [1.807, 2.05) is 18.2 Å². The summed E-state index contributed by atoms with van der Waals surface area (Å²) in [7, 11) is 0. The van der Waals surface area contributed by atoms with Gasteiger partial charge < -0.3 is 10.3 Å². The van der Waals surface area contributed by atoms with E-state index in [0.717, 1.165) is 29.2 Å². The second-order valence-electron chi connectivity index (χ2n) is 5.70. The number of carbonyl (C=O) groups excluding carboxylic acids is 1. The van der Waals surface area contributed by atoms with Crippen molar-refractivity contribution in [3.8, 4) is 0 Å². The molecule has 1 aromatic carbocycles. The Labute approximate surface area is 145 Å². The molecule has 0 bridgehead atoms. The van der Waals surface area contributed by atoms with Crippen LogP contribution in [0.5, 0.6) is 0 Å². The molecule has 0 radical (unpaired) electrons. The molecule has 0 aliphatic heterocycles. The van der Waals surface area contributed by atoms with E-state index in [4.69, 9.17) is 11.6 Å². The van der Waals surface area contributed by atoms with Gasteiger partial charge in [0.15, 0.2) is 5.16 Å². The Bertz CT molecular complexity index is 726. The van der Waals surface area contributed by atoms with E-state index in [2.05, 4.69) is 21.4 Å². The van der Waals surface area contributed by atoms with Crippen LogP contribution in [0, 0.1) is 0 Å². The van der Waals surface area contributed by atoms with Crippen LogP contribution in [0.15, 0.2) is 35.0 Å². The monoisotopic (exact) mass is 349 g/mol. The van der Waals surface area contributed by atoms with E-state index in [1.165, 1.54) is 43.0 Å². The first-order valence-electron chi connectivity index (χ1n) is 7.93. The summed E-state index contributed by atoms with van der Waals surface area (Å²) in [6, 6.07) is 5.52. The fourth-order valence-corrected chi connectivity index (χ4v) is 3.59. The van der Waals surface area contributed by atoms with Crippen LogP contribution in [0.2, 0.25) is 5.02 Å². The van der Waals surface area contributed by atoms with Crippen molar-refractivity contribution in [2.75, 3.05) is 12.3 Å². The van der Waals surface area contributed by atoms with Gasteiger partial charge in [0.2, 0.25) is 5.91 Å². The number of aromatic amines is 1. The third kappa shape index (κ3) is 4.75. The van der Waals surface area contributed by atoms with Crippen molar-refractivity contribution in [3.63, 3.8) is 0 Å². The molecule has 1 aromatic heterocycles. The number of thioether (sulfide) groups is 1. The summed E-state index contributed by atoms with van der Waals surface area (Å²) in [6.45, 7) is 0.723. The first-order valence-corrected chi connectivity index (χ1v) is 9.30. The van der Waals surface area contributed by atoms with Crippen molar-refractivity contribution in [1.82, 2.24) is 15.3 Å². The van der Waals surface area contributed by atoms with Gasteiger partial charge in [0.25, 0.3) is 0 Å². The van der Waals surface area contributed by atoms with Gasteiger partial charge in [0.1, 0.15) is 0 Å². The first kappa shape index (κ1) is 16.4. The minimum atomic E-state index is 0.0462. The van der Waals surface area contributed by atoms with Gasteiger partial charge in [-0.15, -0.1) is 0 Å². The Morgan fingerprint density at radius 1 is 1.39 bits per heavy atom. The predicted molar refractivity (Wildman–Crippen MR) is 96.0 cm³/mol. The highest BCUT2D eigenvalue weighted by Gasteiger charge is 2.08. The molecule has 6 heteroatoms. The van der Waals surface area contributed by atoms with Gasteiger partial charge in [-0.05, 0) is 50.3 Å². The molecule has 4 nitrogen and oxygen atoms in total. The summed E-state index contributed by atoms with van der Waals surface area (Å²) < 4.78 is 0. The number of amides is 1. The molecule has 122 valence electrons. The van der Waals surface area contributed by atoms with Gasteiger partial charge in [0.05, 0.1) is 16.8 Å². The maximum absolute atomic E-state index is 11.9. The summed E-state index contributed by atoms with van der Waals surface area (Å²) in [6.07, 6.45) is 8.26. The van der Waals surface area contributed by atoms with Crippen LogP contribution in [0.1, 0.15) is 32.1 Å². The van der Waals surface area contributed by atoms with Crippen LogP contribution in [-0.2, 0) is 4.79 Å². The number of hydrogen-bond acceptors (Lipinski definition) is 3. The number of carbonyl (C=O) groups is 1. The second-order valence-corrected chi connectivity index (χ2v) is 7.10. The highest BCUT2D eigenvalue weighted by atomic mass is 35.5. The number of nitrogens with one attached hydrogen (secondary N) is 2. The molecule has 0 saturated carbocycles. The second kappa shape index (κ2) is 7.88. The molecule has 3 rings (SSSR count). The standard InChI is InChI=1S/C17H20ClN3OS/c18-13-6-7-14-15(10-13)21-17(20-14)23-11-16(22)19-9-8-12-4-2-1-3-5-12/h4,6-7,10H,1-3,5,8-9,11H2,(H,19,22)(H,20,21). The molecular formula is C17H20ClN3OS. The molecule has 2 aromatic rings. The lowest BCUT2D eigenvalue weighted by atomic mass is 9.97. The Morgan fingerprint density at radius 3 is 3.13 bits per heavy atom. The van der Waals surface area contributed by atoms with Crippen molar-refractivity contribution in [3.05, 3.63) is 34.9 Å². The number of allylic oxidation sites excluding steroid dienone is 1. The number of benzene rings is 1. The zero-order valence-corrected chi connectivity index (χ0v) is 14.5. The van der Waals surface area contributed by atoms with Gasteiger partial charge in [-0.25, -0.2) is 4.98 Å². The number of imidazole rings is 1. The van der Waals surface area contributed by atoms with E-state index in [-0.39, 0.29) is 5.91 Å². The summed E-state index contributed by atoms with van der Waals surface area (Å²) in [5.74, 6) is 0.414. The molecule has 0 atom stereocenters. The average molecular weight is 350 g/mol. The maximum Gasteiger partial charge on any atom is 0.230 e. The normalized spacial score (nSPS) is 14.7. The molecule has 0 fully saturated rings. The molecule has 0 saturated heterocycles. The fraction of sp³-hybridized carbons (Fsp3) is 0.412. The molecule has 2 N–H and O–H groups in total. The molecule has 1 amide bonds. The van der Waals surface area contributed by atoms with E-state index in [1.54, 1.807) is 0 Å². The third-order valence-electron chi connectivity index (χ3n) is 3.92. The van der Waals surface area contributed by atoms with Crippen LogP contribution in [0.25, 0.3) is 11.0 Å². The Hall–Kier alpha value is -1.46. The van der Waals surface area contributed by atoms with Gasteiger partial charge in [-0.3, -0.25) is 4.79 Å². The SMILES string of the molecule is O=C(CSc1nc2ccc(Cl)cc2[nH]1)NCCC1=CCCCC1. The zero-order chi connectivity index (χ0) is 16.1. The van der Waals surface area contributed by atoms with Gasteiger partial charge in [-0.1, -0.05) is 35.0 Å². The van der Waals surface area contributed by atoms with Crippen LogP contribution in [-0.4, -0.2) is 28.2 Å². The predicted octanol–water partition coefficient (Wildman–Crippen LogP) is 4.32. The summed E-state index contributed by atoms with van der Waals surface area (Å²) >= 11 is 7.36. The van der Waals surface area contributed by atoms with Crippen molar-refractivity contribution in [1.29, 1.82) is 0 Å². The molecule has 1 aliphatic rings. The maximum atomic E-state index is 11.9. The molecular weight excluding hydrogens is 330 g/mol. The topological polar surface area (TPSA) is 57.8 Å². The van der Waals surface area contributed by atoms with Crippen LogP contribution < -0.4 is 5.32 Å². The first-order chi connectivity index (χ1) is 11.2. The summed E-state index contributed by atoms with van der Waals surface area (Å²) in [5.41, 5.74) is 3.24. The molecule has 0 spiro atoms. The number of fused-ring (bicyclic) bond motifs is 1. The largest absolute Gasteiger partial charge is 0.355 e. The van der Waals surface area contributed by atoms with Crippen molar-refractivity contribution >= 4 is 40.3 Å². The number of aromatic nitrogens is 2. The lowest BCUT2D eigenvalue weighted by molar-refractivity contribution is -0.118. The number of rotatable bonds is 6. The van der Waals surface area contributed by atoms with Crippen LogP contribution in [0.4, 0.5) is 0 Å². The highest BCUT2D eigenvalue weighted by molar-refractivity contribution is 7.99. The van der Waals surface area contributed by atoms with E-state index < -0.39 is 0 Å². The summed E-state index contributed by atoms with van der Waals surface area (Å²) in [4.78, 5) is 19.5. The van der Waals surface area contributed by atoms with E-state index in [0.29, 0.717) is 10.8 Å². The highest BCUT2D eigenvalue weighted by Crippen LogP contribution is 2.22. The molecule has 23 heavy (non-hydrogen) atoms. The Kier molecular flexibility index (Phi) is 5.62. The molecule has 1 heterocycles. The number of halogens is 1. The van der Waals surface area contributed by atoms with E-state index in [9.17, 15) is 4.79 Å². The fourth-order valence-electron chi connectivity index (χ4n) is 2.71. The zero-order valence-electron chi connectivity index (χ0n) is 12.9. The van der Waals surface area contributed by atoms with Crippen molar-refractivity contribution in [2.45, 2.75) is 37.3 Å². The number of H-pyrrole nitrogens is 1. The van der Waals surface area contributed by atoms with Gasteiger partial charge in [0, 0.05) is 11.6 Å². The minimum Gasteiger partial charge on any atom is -0.355 e. The van der Waals surface area contributed by atoms with Crippen LogP contribution in [0.3, 0.4) is 0 Å². The summed E-state index contributed by atoms with van der Waals surface area (Å²) in [5, 5.41) is 4.40. The smallest absolute Gasteiger partial charge is 0.230 e. The van der Waals surface area contributed by atoms with Gasteiger partial charge >= 0.3 is 0 Å². The van der Waals surface area contributed by atoms with Crippen molar-refractivity contribution in [2.24, 2.45) is 0 Å². The molecule has 1 aliphatic carbocycles. The Morgan fingerprint density at radius 2 is 2.30 bits per heavy atom. The number of nitrogens with zero attached hydrogens (tertiary/aromatic N) is 1. The van der Waals surface area contributed by atoms with Crippen LogP contribution >= 0.6 is 23.4 Å². The quantitative estimate of drug-likeness (QED) is 0.603. The third-order valence-corrected chi connectivity index (χ3v) is 5.02.